The van der Waals surface area contributed by atoms with Crippen LogP contribution < -0.4 is 0 Å². The van der Waals surface area contributed by atoms with Crippen LogP contribution in [0.3, 0.4) is 0 Å². The summed E-state index contributed by atoms with van der Waals surface area (Å²) in [5.74, 6) is 2.36. The molecule has 0 amide bonds. The average Bonchev–Trinajstić information content (AvgIpc) is 3.14. The van der Waals surface area contributed by atoms with E-state index >= 15 is 0 Å². The second-order valence-electron chi connectivity index (χ2n) is 24.3. The van der Waals surface area contributed by atoms with Crippen LogP contribution >= 0.6 is 0 Å². The molecule has 57 heavy (non-hydrogen) atoms. The fraction of sp³-hybridized carbons (Fsp3) is 0.981. The van der Waals surface area contributed by atoms with Gasteiger partial charge in [0.1, 0.15) is 6.10 Å². The van der Waals surface area contributed by atoms with Gasteiger partial charge >= 0.3 is 5.97 Å². The first-order valence-corrected chi connectivity index (χ1v) is 25.5. The fourth-order valence-corrected chi connectivity index (χ4v) is 15.6. The lowest BCUT2D eigenvalue weighted by atomic mass is 9.31. The summed E-state index contributed by atoms with van der Waals surface area (Å²) in [4.78, 5) is 14.2. The van der Waals surface area contributed by atoms with Crippen molar-refractivity contribution in [3.63, 3.8) is 0 Å². The molecule has 0 radical (unpaired) electrons. The van der Waals surface area contributed by atoms with Crippen LogP contribution in [0.4, 0.5) is 0 Å². The smallest absolute Gasteiger partial charge is 0.362 e. The van der Waals surface area contributed by atoms with Gasteiger partial charge in [0.05, 0.1) is 26.2 Å². The van der Waals surface area contributed by atoms with E-state index < -0.39 is 0 Å². The Labute approximate surface area is 355 Å². The van der Waals surface area contributed by atoms with Gasteiger partial charge in [-0.15, -0.1) is 0 Å². The van der Waals surface area contributed by atoms with Crippen molar-refractivity contribution in [1.82, 2.24) is 0 Å². The van der Waals surface area contributed by atoms with E-state index in [1.807, 2.05) is 0 Å². The van der Waals surface area contributed by atoms with E-state index in [4.69, 9.17) is 4.74 Å². The highest BCUT2D eigenvalue weighted by Gasteiger charge is 2.71. The van der Waals surface area contributed by atoms with Crippen LogP contribution in [0.1, 0.15) is 236 Å². The first-order valence-electron chi connectivity index (χ1n) is 25.5. The normalized spacial score (nSPS) is 38.4. The average molecular weight is 797 g/mol. The van der Waals surface area contributed by atoms with Crippen molar-refractivity contribution in [3.8, 4) is 0 Å². The van der Waals surface area contributed by atoms with Crippen LogP contribution in [0, 0.1) is 56.2 Å². The van der Waals surface area contributed by atoms with Crippen LogP contribution in [0.5, 0.6) is 0 Å². The minimum Gasteiger partial charge on any atom is -0.458 e. The number of aliphatic hydroxyl groups excluding tert-OH is 1. The number of carbonyl (C=O) groups is 1. The van der Waals surface area contributed by atoms with E-state index in [0.717, 1.165) is 30.4 Å². The molecule has 5 rings (SSSR count). The number of fused-ring (bicyclic) bond motifs is 7. The maximum atomic E-state index is 14.2. The van der Waals surface area contributed by atoms with Gasteiger partial charge in [0.25, 0.3) is 0 Å². The Morgan fingerprint density at radius 1 is 0.596 bits per heavy atom. The number of carbonyl (C=O) groups excluding carboxylic acids is 1. The van der Waals surface area contributed by atoms with Crippen molar-refractivity contribution in [2.24, 2.45) is 56.2 Å². The molecule has 0 saturated heterocycles. The highest BCUT2D eigenvalue weighted by atomic mass is 16.5. The maximum Gasteiger partial charge on any atom is 0.362 e. The second-order valence-corrected chi connectivity index (χ2v) is 24.3. The predicted octanol–water partition coefficient (Wildman–Crippen LogP) is 14.5. The Bertz CT molecular complexity index is 1250. The molecule has 0 heterocycles. The number of hydrogen-bond donors (Lipinski definition) is 1. The molecule has 0 aromatic rings. The predicted molar refractivity (Wildman–Crippen MR) is 242 cm³/mol. The summed E-state index contributed by atoms with van der Waals surface area (Å²) in [6.45, 7) is 27.6. The van der Waals surface area contributed by atoms with E-state index in [-0.39, 0.29) is 50.7 Å². The van der Waals surface area contributed by atoms with Gasteiger partial charge in [-0.05, 0) is 141 Å². The molecule has 5 aliphatic carbocycles. The molecule has 5 fully saturated rings. The number of ether oxygens (including phenoxy) is 1. The topological polar surface area (TPSA) is 46.5 Å². The standard InChI is InChI=1S/C53H98NO3/c1-12-14-16-18-20-22-24-26-38-54(11,39-27-25-23-21-19-17-15-13-2)40-45(55)57-44-31-32-51(8)42(49(44,5)6)30-33-53(10)43(51)29-28-41-46-47(56)48(3,4)34-35-50(46,7)36-37-52(41,53)9/h41-44,46-47,56H,12-40H2,1-11H3/q+1/t41-,42?,43?,44+,46?,47?,50-,51+,52-,53-/m1/s1. The molecule has 10 atom stereocenters. The van der Waals surface area contributed by atoms with Gasteiger partial charge in [0.2, 0.25) is 0 Å². The van der Waals surface area contributed by atoms with Crippen molar-refractivity contribution >= 4 is 5.97 Å². The molecule has 0 bridgehead atoms. The zero-order valence-corrected chi connectivity index (χ0v) is 40.2. The van der Waals surface area contributed by atoms with Crippen LogP contribution in [0.15, 0.2) is 0 Å². The number of nitrogens with zero attached hydrogens (tertiary/aromatic N) is 1. The van der Waals surface area contributed by atoms with Crippen LogP contribution in [-0.2, 0) is 9.53 Å². The number of rotatable bonds is 21. The van der Waals surface area contributed by atoms with E-state index in [0.29, 0.717) is 30.2 Å². The van der Waals surface area contributed by atoms with E-state index in [2.05, 4.69) is 76.3 Å². The van der Waals surface area contributed by atoms with Gasteiger partial charge in [0, 0.05) is 5.41 Å². The van der Waals surface area contributed by atoms with Gasteiger partial charge in [-0.1, -0.05) is 146 Å². The lowest BCUT2D eigenvalue weighted by Crippen LogP contribution is -2.68. The van der Waals surface area contributed by atoms with Gasteiger partial charge in [-0.3, -0.25) is 0 Å². The van der Waals surface area contributed by atoms with Crippen molar-refractivity contribution < 1.29 is 19.1 Å². The highest BCUT2D eigenvalue weighted by molar-refractivity contribution is 5.71. The Morgan fingerprint density at radius 2 is 1.12 bits per heavy atom. The monoisotopic (exact) mass is 797 g/mol. The molecule has 4 unspecified atom stereocenters. The zero-order valence-electron chi connectivity index (χ0n) is 40.2. The molecule has 0 aromatic carbocycles. The van der Waals surface area contributed by atoms with Gasteiger partial charge in [0.15, 0.2) is 6.54 Å². The first-order chi connectivity index (χ1) is 26.8. The van der Waals surface area contributed by atoms with Crippen molar-refractivity contribution in [1.29, 1.82) is 0 Å². The summed E-state index contributed by atoms with van der Waals surface area (Å²) in [7, 11) is 2.37. The number of hydrogen-bond acceptors (Lipinski definition) is 3. The number of aliphatic hydroxyl groups is 1. The lowest BCUT2D eigenvalue weighted by molar-refractivity contribution is -0.903. The number of unbranched alkanes of at least 4 members (excludes halogenated alkanes) is 14. The zero-order chi connectivity index (χ0) is 41.8. The van der Waals surface area contributed by atoms with Gasteiger partial charge < -0.3 is 14.3 Å². The molecule has 4 nitrogen and oxygen atoms in total. The third-order valence-corrected chi connectivity index (χ3v) is 19.7. The first kappa shape index (κ1) is 47.4. The summed E-state index contributed by atoms with van der Waals surface area (Å²) in [5.41, 5.74) is 1.08. The SMILES string of the molecule is CCCCCCCCCC[N+](C)(CCCCCCCCCC)CC(=O)O[C@H]1CC[C@@]2(C)C(CC[C@]3(C)C2CC[C@@H]2C4C(O)C(C)(C)CC[C@]4(C)CC[C@]23C)C1(C)C. The lowest BCUT2D eigenvalue weighted by Gasteiger charge is -2.74. The van der Waals surface area contributed by atoms with E-state index in [1.165, 1.54) is 154 Å². The minimum absolute atomic E-state index is 0.00838. The highest BCUT2D eigenvalue weighted by Crippen LogP contribution is 2.77. The van der Waals surface area contributed by atoms with Gasteiger partial charge in [-0.25, -0.2) is 4.79 Å². The number of esters is 1. The molecule has 1 N–H and O–H groups in total. The van der Waals surface area contributed by atoms with E-state index in [1.54, 1.807) is 0 Å². The quantitative estimate of drug-likeness (QED) is 0.0715. The molecule has 0 aromatic heterocycles. The van der Waals surface area contributed by atoms with Crippen LogP contribution in [0.25, 0.3) is 0 Å². The Morgan fingerprint density at radius 3 is 1.68 bits per heavy atom. The molecule has 0 spiro atoms. The summed E-state index contributed by atoms with van der Waals surface area (Å²) >= 11 is 0. The molecular weight excluding hydrogens is 699 g/mol. The Kier molecular flexibility index (Phi) is 16.0. The molecule has 5 saturated carbocycles. The summed E-state index contributed by atoms with van der Waals surface area (Å²) in [6, 6.07) is 0. The van der Waals surface area contributed by atoms with Crippen LogP contribution in [0.2, 0.25) is 0 Å². The third kappa shape index (κ3) is 9.88. The van der Waals surface area contributed by atoms with Crippen molar-refractivity contribution in [3.05, 3.63) is 0 Å². The summed E-state index contributed by atoms with van der Waals surface area (Å²) in [6.07, 6.45) is 33.5. The largest absolute Gasteiger partial charge is 0.458 e. The molecule has 4 heteroatoms. The number of likely N-dealkylation sites (N-methyl/N-ethyl adjacent to an activating group) is 1. The Hall–Kier alpha value is -0.610. The number of quaternary nitrogens is 1. The van der Waals surface area contributed by atoms with Crippen molar-refractivity contribution in [2.75, 3.05) is 26.7 Å². The Balaban J connectivity index is 1.22. The maximum absolute atomic E-state index is 14.2. The summed E-state index contributed by atoms with van der Waals surface area (Å²) < 4.78 is 7.60. The molecule has 5 aliphatic rings. The molecule has 332 valence electrons. The van der Waals surface area contributed by atoms with Gasteiger partial charge in [-0.2, -0.15) is 0 Å². The second kappa shape index (κ2) is 19.2. The molecule has 0 aliphatic heterocycles. The minimum atomic E-state index is -0.196. The molecular formula is C53H98NO3+. The third-order valence-electron chi connectivity index (χ3n) is 19.7. The fourth-order valence-electron chi connectivity index (χ4n) is 15.6. The van der Waals surface area contributed by atoms with Crippen LogP contribution in [-0.4, -0.2) is 54.4 Å². The van der Waals surface area contributed by atoms with E-state index in [9.17, 15) is 9.90 Å². The van der Waals surface area contributed by atoms with Crippen molar-refractivity contribution in [2.45, 2.75) is 248 Å². The summed E-state index contributed by atoms with van der Waals surface area (Å²) in [5, 5.41) is 12.1.